The van der Waals surface area contributed by atoms with E-state index >= 15 is 0 Å². The minimum atomic E-state index is -0.0481. The summed E-state index contributed by atoms with van der Waals surface area (Å²) in [6.07, 6.45) is 1.72. The van der Waals surface area contributed by atoms with Crippen molar-refractivity contribution in [3.8, 4) is 0 Å². The van der Waals surface area contributed by atoms with Gasteiger partial charge in [-0.2, -0.15) is 0 Å². The zero-order valence-corrected chi connectivity index (χ0v) is 9.81. The summed E-state index contributed by atoms with van der Waals surface area (Å²) in [4.78, 5) is 13.9. The van der Waals surface area contributed by atoms with Crippen LogP contribution < -0.4 is 5.73 Å². The van der Waals surface area contributed by atoms with Crippen molar-refractivity contribution in [3.05, 3.63) is 42.5 Å². The highest BCUT2D eigenvalue weighted by Crippen LogP contribution is 2.15. The van der Waals surface area contributed by atoms with Gasteiger partial charge >= 0.3 is 0 Å². The summed E-state index contributed by atoms with van der Waals surface area (Å²) >= 11 is 0. The number of rotatable bonds is 4. The van der Waals surface area contributed by atoms with Gasteiger partial charge < -0.3 is 10.6 Å². The first kappa shape index (κ1) is 12.3. The van der Waals surface area contributed by atoms with Gasteiger partial charge in [0.15, 0.2) is 0 Å². The Hall–Kier alpha value is -1.77. The smallest absolute Gasteiger partial charge is 0.256 e. The molecule has 0 radical (unpaired) electrons. The van der Waals surface area contributed by atoms with Crippen LogP contribution in [0, 0.1) is 0 Å². The van der Waals surface area contributed by atoms with E-state index in [1.807, 2.05) is 26.0 Å². The number of amides is 1. The lowest BCUT2D eigenvalue weighted by Crippen LogP contribution is -2.37. The zero-order valence-electron chi connectivity index (χ0n) is 9.81. The molecule has 2 N–H and O–H groups in total. The van der Waals surface area contributed by atoms with Crippen LogP contribution >= 0.6 is 0 Å². The van der Waals surface area contributed by atoms with E-state index in [2.05, 4.69) is 6.58 Å². The molecule has 3 nitrogen and oxygen atoms in total. The molecule has 86 valence electrons. The number of nitrogens with two attached hydrogens (primary N) is 1. The standard InChI is InChI=1S/C13H18N2O/c1-4-9-15(10(2)3)13(16)11-7-5-6-8-12(11)14/h4-8,10H,1,9,14H2,2-3H3. The van der Waals surface area contributed by atoms with Gasteiger partial charge in [-0.1, -0.05) is 18.2 Å². The van der Waals surface area contributed by atoms with Gasteiger partial charge in [0.2, 0.25) is 0 Å². The molecule has 0 aromatic heterocycles. The van der Waals surface area contributed by atoms with E-state index in [-0.39, 0.29) is 11.9 Å². The Kier molecular flexibility index (Phi) is 4.11. The summed E-state index contributed by atoms with van der Waals surface area (Å²) in [6, 6.07) is 7.25. The Morgan fingerprint density at radius 3 is 2.62 bits per heavy atom. The molecule has 0 saturated carbocycles. The van der Waals surface area contributed by atoms with Crippen LogP contribution in [0.1, 0.15) is 24.2 Å². The quantitative estimate of drug-likeness (QED) is 0.622. The minimum Gasteiger partial charge on any atom is -0.398 e. The van der Waals surface area contributed by atoms with Crippen molar-refractivity contribution in [1.29, 1.82) is 0 Å². The highest BCUT2D eigenvalue weighted by atomic mass is 16.2. The third-order valence-corrected chi connectivity index (χ3v) is 2.40. The second-order valence-corrected chi connectivity index (χ2v) is 3.93. The first-order valence-electron chi connectivity index (χ1n) is 5.34. The molecule has 0 spiro atoms. The highest BCUT2D eigenvalue weighted by Gasteiger charge is 2.18. The lowest BCUT2D eigenvalue weighted by molar-refractivity contribution is 0.0730. The average Bonchev–Trinajstić information content (AvgIpc) is 2.25. The molecule has 0 unspecified atom stereocenters. The number of benzene rings is 1. The van der Waals surface area contributed by atoms with Crippen LogP contribution in [0.4, 0.5) is 5.69 Å². The SMILES string of the molecule is C=CCN(C(=O)c1ccccc1N)C(C)C. The molecule has 3 heteroatoms. The monoisotopic (exact) mass is 218 g/mol. The van der Waals surface area contributed by atoms with Gasteiger partial charge in [0, 0.05) is 18.3 Å². The van der Waals surface area contributed by atoms with Crippen molar-refractivity contribution >= 4 is 11.6 Å². The number of nitrogen functional groups attached to an aromatic ring is 1. The molecule has 1 rings (SSSR count). The van der Waals surface area contributed by atoms with Gasteiger partial charge in [-0.05, 0) is 26.0 Å². The number of hydrogen-bond acceptors (Lipinski definition) is 2. The van der Waals surface area contributed by atoms with Crippen molar-refractivity contribution in [2.24, 2.45) is 0 Å². The first-order valence-corrected chi connectivity index (χ1v) is 5.34. The molecule has 1 aromatic rings. The maximum atomic E-state index is 12.2. The molecule has 0 atom stereocenters. The van der Waals surface area contributed by atoms with Gasteiger partial charge in [0.1, 0.15) is 0 Å². The fourth-order valence-corrected chi connectivity index (χ4v) is 1.51. The molecular formula is C13H18N2O. The summed E-state index contributed by atoms with van der Waals surface area (Å²) < 4.78 is 0. The summed E-state index contributed by atoms with van der Waals surface area (Å²) in [7, 11) is 0. The van der Waals surface area contributed by atoms with Gasteiger partial charge in [-0.3, -0.25) is 4.79 Å². The second kappa shape index (κ2) is 5.35. The Bertz CT molecular complexity index is 385. The first-order chi connectivity index (χ1) is 7.57. The lowest BCUT2D eigenvalue weighted by atomic mass is 10.1. The largest absolute Gasteiger partial charge is 0.398 e. The fraction of sp³-hybridized carbons (Fsp3) is 0.308. The predicted molar refractivity (Wildman–Crippen MR) is 67.2 cm³/mol. The third-order valence-electron chi connectivity index (χ3n) is 2.40. The van der Waals surface area contributed by atoms with Crippen LogP contribution in [0.2, 0.25) is 0 Å². The number of nitrogens with zero attached hydrogens (tertiary/aromatic N) is 1. The summed E-state index contributed by atoms with van der Waals surface area (Å²) in [5, 5.41) is 0. The maximum absolute atomic E-state index is 12.2. The van der Waals surface area contributed by atoms with Crippen molar-refractivity contribution in [2.75, 3.05) is 12.3 Å². The number of carbonyl (C=O) groups excluding carboxylic acids is 1. The minimum absolute atomic E-state index is 0.0481. The van der Waals surface area contributed by atoms with Gasteiger partial charge in [0.25, 0.3) is 5.91 Å². The molecule has 0 heterocycles. The second-order valence-electron chi connectivity index (χ2n) is 3.93. The normalized spacial score (nSPS) is 10.2. The summed E-state index contributed by atoms with van der Waals surface area (Å²) in [6.45, 7) is 8.13. The van der Waals surface area contributed by atoms with Crippen molar-refractivity contribution in [1.82, 2.24) is 4.90 Å². The number of hydrogen-bond donors (Lipinski definition) is 1. The Morgan fingerprint density at radius 2 is 2.12 bits per heavy atom. The Morgan fingerprint density at radius 1 is 1.50 bits per heavy atom. The molecule has 0 aliphatic heterocycles. The van der Waals surface area contributed by atoms with Crippen molar-refractivity contribution in [2.45, 2.75) is 19.9 Å². The van der Waals surface area contributed by atoms with Crippen LogP contribution in [0.15, 0.2) is 36.9 Å². The fourth-order valence-electron chi connectivity index (χ4n) is 1.51. The Balaban J connectivity index is 2.99. The summed E-state index contributed by atoms with van der Waals surface area (Å²) in [5.41, 5.74) is 6.85. The van der Waals surface area contributed by atoms with E-state index in [1.54, 1.807) is 23.1 Å². The van der Waals surface area contributed by atoms with E-state index in [0.29, 0.717) is 17.8 Å². The molecule has 0 aliphatic carbocycles. The molecule has 0 aliphatic rings. The van der Waals surface area contributed by atoms with Crippen LogP contribution in [0.3, 0.4) is 0 Å². The van der Waals surface area contributed by atoms with Crippen LogP contribution in [-0.2, 0) is 0 Å². The van der Waals surface area contributed by atoms with E-state index in [9.17, 15) is 4.79 Å². The van der Waals surface area contributed by atoms with E-state index in [0.717, 1.165) is 0 Å². The van der Waals surface area contributed by atoms with Crippen molar-refractivity contribution in [3.63, 3.8) is 0 Å². The van der Waals surface area contributed by atoms with E-state index in [4.69, 9.17) is 5.73 Å². The topological polar surface area (TPSA) is 46.3 Å². The molecule has 0 saturated heterocycles. The average molecular weight is 218 g/mol. The lowest BCUT2D eigenvalue weighted by Gasteiger charge is -2.25. The predicted octanol–water partition coefficient (Wildman–Crippen LogP) is 2.31. The molecule has 1 aromatic carbocycles. The molecule has 0 fully saturated rings. The van der Waals surface area contributed by atoms with Gasteiger partial charge in [-0.25, -0.2) is 0 Å². The molecular weight excluding hydrogens is 200 g/mol. The van der Waals surface area contributed by atoms with Gasteiger partial charge in [0.05, 0.1) is 5.56 Å². The van der Waals surface area contributed by atoms with E-state index < -0.39 is 0 Å². The molecule has 1 amide bonds. The third kappa shape index (κ3) is 2.63. The number of anilines is 1. The number of para-hydroxylation sites is 1. The van der Waals surface area contributed by atoms with Crippen molar-refractivity contribution < 1.29 is 4.79 Å². The molecule has 0 bridgehead atoms. The van der Waals surface area contributed by atoms with E-state index in [1.165, 1.54) is 0 Å². The maximum Gasteiger partial charge on any atom is 0.256 e. The van der Waals surface area contributed by atoms with Crippen LogP contribution in [0.25, 0.3) is 0 Å². The highest BCUT2D eigenvalue weighted by molar-refractivity contribution is 5.99. The van der Waals surface area contributed by atoms with Crippen LogP contribution in [-0.4, -0.2) is 23.4 Å². The molecule has 16 heavy (non-hydrogen) atoms. The van der Waals surface area contributed by atoms with Crippen LogP contribution in [0.5, 0.6) is 0 Å². The summed E-state index contributed by atoms with van der Waals surface area (Å²) in [5.74, 6) is -0.0481. The zero-order chi connectivity index (χ0) is 12.1. The number of carbonyl (C=O) groups is 1. The van der Waals surface area contributed by atoms with Gasteiger partial charge in [-0.15, -0.1) is 6.58 Å². The Labute approximate surface area is 96.6 Å².